The smallest absolute Gasteiger partial charge is 0.261 e. The van der Waals surface area contributed by atoms with E-state index in [-0.39, 0.29) is 5.91 Å². The SMILES string of the molecule is O=C(NC1CCCCCC1)c1ccc(-c2noc(-c3ccccc3)n2)s1. The minimum Gasteiger partial charge on any atom is -0.349 e. The number of nitrogens with zero attached hydrogens (tertiary/aromatic N) is 2. The third-order valence-electron chi connectivity index (χ3n) is 4.69. The predicted molar refractivity (Wildman–Crippen MR) is 102 cm³/mol. The number of carbonyl (C=O) groups is 1. The van der Waals surface area contributed by atoms with E-state index in [1.165, 1.54) is 37.0 Å². The van der Waals surface area contributed by atoms with Crippen LogP contribution in [0.15, 0.2) is 47.0 Å². The largest absolute Gasteiger partial charge is 0.349 e. The highest BCUT2D eigenvalue weighted by atomic mass is 32.1. The van der Waals surface area contributed by atoms with Gasteiger partial charge in [-0.1, -0.05) is 49.0 Å². The molecule has 26 heavy (non-hydrogen) atoms. The van der Waals surface area contributed by atoms with Gasteiger partial charge in [-0.05, 0) is 37.1 Å². The maximum atomic E-state index is 12.5. The fraction of sp³-hybridized carbons (Fsp3) is 0.350. The number of benzene rings is 1. The lowest BCUT2D eigenvalue weighted by Gasteiger charge is -2.15. The number of hydrogen-bond acceptors (Lipinski definition) is 5. The first-order valence-electron chi connectivity index (χ1n) is 9.10. The second kappa shape index (κ2) is 7.83. The van der Waals surface area contributed by atoms with Gasteiger partial charge in [0.15, 0.2) is 0 Å². The molecule has 1 amide bonds. The molecule has 2 aromatic heterocycles. The van der Waals surface area contributed by atoms with Gasteiger partial charge in [-0.25, -0.2) is 0 Å². The third kappa shape index (κ3) is 3.85. The van der Waals surface area contributed by atoms with Gasteiger partial charge < -0.3 is 9.84 Å². The first-order chi connectivity index (χ1) is 12.8. The lowest BCUT2D eigenvalue weighted by molar-refractivity contribution is 0.0937. The second-order valence-corrected chi connectivity index (χ2v) is 7.70. The second-order valence-electron chi connectivity index (χ2n) is 6.62. The van der Waals surface area contributed by atoms with Crippen LogP contribution in [0.4, 0.5) is 0 Å². The third-order valence-corrected chi connectivity index (χ3v) is 5.77. The Morgan fingerprint density at radius 2 is 1.81 bits per heavy atom. The summed E-state index contributed by atoms with van der Waals surface area (Å²) < 4.78 is 5.36. The molecule has 1 aliphatic carbocycles. The summed E-state index contributed by atoms with van der Waals surface area (Å²) in [6.07, 6.45) is 7.11. The number of hydrogen-bond donors (Lipinski definition) is 1. The molecule has 0 unspecified atom stereocenters. The van der Waals surface area contributed by atoms with Crippen LogP contribution in [0.2, 0.25) is 0 Å². The molecular formula is C20H21N3O2S. The Bertz CT molecular complexity index is 864. The van der Waals surface area contributed by atoms with Crippen molar-refractivity contribution < 1.29 is 9.32 Å². The molecule has 3 aromatic rings. The Kier molecular flexibility index (Phi) is 5.11. The van der Waals surface area contributed by atoms with E-state index in [1.807, 2.05) is 42.5 Å². The van der Waals surface area contributed by atoms with Crippen LogP contribution in [-0.2, 0) is 0 Å². The number of amides is 1. The fourth-order valence-electron chi connectivity index (χ4n) is 3.28. The maximum Gasteiger partial charge on any atom is 0.261 e. The van der Waals surface area contributed by atoms with Crippen LogP contribution in [0.25, 0.3) is 22.2 Å². The molecule has 1 N–H and O–H groups in total. The van der Waals surface area contributed by atoms with Gasteiger partial charge in [0.1, 0.15) is 0 Å². The monoisotopic (exact) mass is 367 g/mol. The predicted octanol–water partition coefficient (Wildman–Crippen LogP) is 4.92. The highest BCUT2D eigenvalue weighted by molar-refractivity contribution is 7.17. The summed E-state index contributed by atoms with van der Waals surface area (Å²) in [6.45, 7) is 0. The van der Waals surface area contributed by atoms with Crippen molar-refractivity contribution in [1.82, 2.24) is 15.5 Å². The van der Waals surface area contributed by atoms with Gasteiger partial charge >= 0.3 is 0 Å². The molecule has 1 aliphatic rings. The van der Waals surface area contributed by atoms with Gasteiger partial charge in [-0.3, -0.25) is 4.79 Å². The van der Waals surface area contributed by atoms with Crippen LogP contribution >= 0.6 is 11.3 Å². The fourth-order valence-corrected chi connectivity index (χ4v) is 4.12. The normalized spacial score (nSPS) is 15.5. The molecule has 0 bridgehead atoms. The lowest BCUT2D eigenvalue weighted by atomic mass is 10.1. The van der Waals surface area contributed by atoms with Gasteiger partial charge in [-0.2, -0.15) is 4.98 Å². The molecular weight excluding hydrogens is 346 g/mol. The molecule has 0 atom stereocenters. The summed E-state index contributed by atoms with van der Waals surface area (Å²) in [5.74, 6) is 1.00. The molecule has 134 valence electrons. The van der Waals surface area contributed by atoms with E-state index in [0.717, 1.165) is 23.3 Å². The van der Waals surface area contributed by atoms with E-state index < -0.39 is 0 Å². The molecule has 1 fully saturated rings. The molecule has 2 heterocycles. The molecule has 0 aliphatic heterocycles. The van der Waals surface area contributed by atoms with E-state index in [9.17, 15) is 4.79 Å². The standard InChI is InChI=1S/C20H21N3O2S/c24-19(21-15-10-6-1-2-7-11-15)17-13-12-16(26-17)18-22-20(25-23-18)14-8-4-3-5-9-14/h3-5,8-9,12-13,15H,1-2,6-7,10-11H2,(H,21,24). The topological polar surface area (TPSA) is 68.0 Å². The summed E-state index contributed by atoms with van der Waals surface area (Å²) in [5.41, 5.74) is 0.883. The number of thiophene rings is 1. The summed E-state index contributed by atoms with van der Waals surface area (Å²) in [6, 6.07) is 13.7. The number of carbonyl (C=O) groups excluding carboxylic acids is 1. The summed E-state index contributed by atoms with van der Waals surface area (Å²) in [5, 5.41) is 7.23. The average molecular weight is 367 g/mol. The summed E-state index contributed by atoms with van der Waals surface area (Å²) in [7, 11) is 0. The number of aromatic nitrogens is 2. The van der Waals surface area contributed by atoms with Crippen molar-refractivity contribution in [3.63, 3.8) is 0 Å². The van der Waals surface area contributed by atoms with E-state index in [2.05, 4.69) is 15.5 Å². The number of nitrogens with one attached hydrogen (secondary N) is 1. The minimum absolute atomic E-state index is 0.0000669. The molecule has 1 aromatic carbocycles. The van der Waals surface area contributed by atoms with Crippen LogP contribution in [-0.4, -0.2) is 22.1 Å². The van der Waals surface area contributed by atoms with Crippen molar-refractivity contribution in [2.24, 2.45) is 0 Å². The highest BCUT2D eigenvalue weighted by Gasteiger charge is 2.19. The van der Waals surface area contributed by atoms with Gasteiger partial charge in [0, 0.05) is 11.6 Å². The summed E-state index contributed by atoms with van der Waals surface area (Å²) >= 11 is 1.40. The maximum absolute atomic E-state index is 12.5. The Morgan fingerprint density at radius 1 is 1.04 bits per heavy atom. The Labute approximate surface area is 156 Å². The van der Waals surface area contributed by atoms with Gasteiger partial charge in [0.25, 0.3) is 11.8 Å². The molecule has 6 heteroatoms. The van der Waals surface area contributed by atoms with Crippen LogP contribution in [0.1, 0.15) is 48.2 Å². The Hall–Kier alpha value is -2.47. The van der Waals surface area contributed by atoms with Gasteiger partial charge in [-0.15, -0.1) is 11.3 Å². The highest BCUT2D eigenvalue weighted by Crippen LogP contribution is 2.28. The first-order valence-corrected chi connectivity index (χ1v) is 9.91. The van der Waals surface area contributed by atoms with E-state index in [1.54, 1.807) is 0 Å². The Morgan fingerprint density at radius 3 is 2.58 bits per heavy atom. The average Bonchev–Trinajstić information content (AvgIpc) is 3.28. The van der Waals surface area contributed by atoms with E-state index in [0.29, 0.717) is 22.6 Å². The zero-order chi connectivity index (χ0) is 17.8. The molecule has 4 rings (SSSR count). The molecule has 0 radical (unpaired) electrons. The van der Waals surface area contributed by atoms with Crippen LogP contribution in [0.3, 0.4) is 0 Å². The van der Waals surface area contributed by atoms with Crippen molar-refractivity contribution in [3.8, 4) is 22.2 Å². The van der Waals surface area contributed by atoms with Crippen LogP contribution < -0.4 is 5.32 Å². The van der Waals surface area contributed by atoms with Crippen molar-refractivity contribution in [2.45, 2.75) is 44.6 Å². The Balaban J connectivity index is 1.46. The minimum atomic E-state index is -0.0000669. The van der Waals surface area contributed by atoms with Gasteiger partial charge in [0.05, 0.1) is 9.75 Å². The van der Waals surface area contributed by atoms with Crippen molar-refractivity contribution in [2.75, 3.05) is 0 Å². The zero-order valence-corrected chi connectivity index (χ0v) is 15.3. The van der Waals surface area contributed by atoms with Crippen molar-refractivity contribution in [1.29, 1.82) is 0 Å². The van der Waals surface area contributed by atoms with E-state index in [4.69, 9.17) is 4.52 Å². The summed E-state index contributed by atoms with van der Waals surface area (Å²) in [4.78, 5) is 18.5. The van der Waals surface area contributed by atoms with Crippen molar-refractivity contribution >= 4 is 17.2 Å². The van der Waals surface area contributed by atoms with E-state index >= 15 is 0 Å². The first kappa shape index (κ1) is 17.0. The van der Waals surface area contributed by atoms with Gasteiger partial charge in [0.2, 0.25) is 5.82 Å². The van der Waals surface area contributed by atoms with Crippen LogP contribution in [0.5, 0.6) is 0 Å². The molecule has 1 saturated carbocycles. The molecule has 0 spiro atoms. The number of rotatable bonds is 4. The lowest BCUT2D eigenvalue weighted by Crippen LogP contribution is -2.33. The quantitative estimate of drug-likeness (QED) is 0.665. The van der Waals surface area contributed by atoms with Crippen LogP contribution in [0, 0.1) is 0 Å². The van der Waals surface area contributed by atoms with Crippen molar-refractivity contribution in [3.05, 3.63) is 47.3 Å². The zero-order valence-electron chi connectivity index (χ0n) is 14.5. The molecule has 5 nitrogen and oxygen atoms in total. The molecule has 0 saturated heterocycles.